The van der Waals surface area contributed by atoms with Crippen molar-refractivity contribution in [3.63, 3.8) is 0 Å². The van der Waals surface area contributed by atoms with E-state index in [0.717, 1.165) is 0 Å². The van der Waals surface area contributed by atoms with E-state index >= 15 is 0 Å². The maximum atomic E-state index is 10.4. The zero-order valence-electron chi connectivity index (χ0n) is 6.27. The maximum absolute atomic E-state index is 10.4. The molecule has 6 heteroatoms. The minimum absolute atomic E-state index is 0. The van der Waals surface area contributed by atoms with Gasteiger partial charge in [0.05, 0.1) is 4.90 Å². The summed E-state index contributed by atoms with van der Waals surface area (Å²) in [6.45, 7) is 0. The van der Waals surface area contributed by atoms with Crippen molar-refractivity contribution in [3.05, 3.63) is 30.3 Å². The number of rotatable bonds is 1. The van der Waals surface area contributed by atoms with Crippen molar-refractivity contribution in [1.82, 2.24) is 0 Å². The summed E-state index contributed by atoms with van der Waals surface area (Å²) in [6.07, 6.45) is 0. The van der Waals surface area contributed by atoms with Crippen molar-refractivity contribution in [1.29, 1.82) is 0 Å². The Balaban J connectivity index is 0. The first kappa shape index (κ1) is 14.9. The molecule has 0 atom stereocenters. The molecule has 12 heavy (non-hydrogen) atoms. The van der Waals surface area contributed by atoms with Crippen molar-refractivity contribution < 1.29 is 18.4 Å². The first-order chi connectivity index (χ1) is 4.61. The summed E-state index contributed by atoms with van der Waals surface area (Å²) < 4.78 is 29.2. The van der Waals surface area contributed by atoms with Crippen molar-refractivity contribution in [3.8, 4) is 0 Å². The van der Waals surface area contributed by atoms with Crippen LogP contribution in [0.15, 0.2) is 35.2 Å². The van der Waals surface area contributed by atoms with Gasteiger partial charge in [0.2, 0.25) is 0 Å². The molecule has 0 saturated heterocycles. The Bertz CT molecular complexity index is 308. The maximum Gasteiger partial charge on any atom is 2.00 e. The third-order valence-corrected chi connectivity index (χ3v) is 1.91. The van der Waals surface area contributed by atoms with E-state index in [9.17, 15) is 8.42 Å². The standard InChI is InChI=1S/C6H6O3S.Ca.H2O/c7-10(8,9)6-4-2-1-3-5-6;;/h1-5H,(H,7,8,9);;1H2/q;+2;. The average molecular weight is 216 g/mol. The van der Waals surface area contributed by atoms with Gasteiger partial charge in [0, 0.05) is 0 Å². The van der Waals surface area contributed by atoms with E-state index < -0.39 is 10.1 Å². The third kappa shape index (κ3) is 4.39. The zero-order chi connectivity index (χ0) is 7.61. The van der Waals surface area contributed by atoms with Gasteiger partial charge < -0.3 is 5.48 Å². The van der Waals surface area contributed by atoms with Crippen LogP contribution in [0.3, 0.4) is 0 Å². The van der Waals surface area contributed by atoms with Gasteiger partial charge in [0.1, 0.15) is 0 Å². The van der Waals surface area contributed by atoms with Crippen molar-refractivity contribution in [2.24, 2.45) is 0 Å². The molecule has 0 amide bonds. The number of hydrogen-bond acceptors (Lipinski definition) is 2. The fraction of sp³-hybridized carbons (Fsp3) is 0. The van der Waals surface area contributed by atoms with Gasteiger partial charge in [-0.2, -0.15) is 8.42 Å². The van der Waals surface area contributed by atoms with Crippen LogP contribution in [0.1, 0.15) is 0 Å². The fourth-order valence-corrected chi connectivity index (χ4v) is 1.09. The van der Waals surface area contributed by atoms with Crippen LogP contribution in [-0.4, -0.2) is 56.2 Å². The summed E-state index contributed by atoms with van der Waals surface area (Å²) in [4.78, 5) is -0.0741. The summed E-state index contributed by atoms with van der Waals surface area (Å²) >= 11 is 0. The topological polar surface area (TPSA) is 85.9 Å². The van der Waals surface area contributed by atoms with Crippen LogP contribution in [-0.2, 0) is 10.1 Å². The molecule has 62 valence electrons. The molecule has 0 unspecified atom stereocenters. The largest absolute Gasteiger partial charge is 2.00 e. The smallest absolute Gasteiger partial charge is 0.412 e. The molecule has 1 aromatic rings. The molecule has 0 fully saturated rings. The van der Waals surface area contributed by atoms with Gasteiger partial charge >= 0.3 is 37.7 Å². The minimum atomic E-state index is -4.00. The predicted molar refractivity (Wildman–Crippen MR) is 45.6 cm³/mol. The molecule has 1 rings (SSSR count). The molecular weight excluding hydrogens is 208 g/mol. The summed E-state index contributed by atoms with van der Waals surface area (Å²) in [5.41, 5.74) is 0. The summed E-state index contributed by atoms with van der Waals surface area (Å²) in [5, 5.41) is 0. The van der Waals surface area contributed by atoms with Crippen molar-refractivity contribution in [2.45, 2.75) is 4.90 Å². The van der Waals surface area contributed by atoms with Crippen LogP contribution in [0, 0.1) is 0 Å². The van der Waals surface area contributed by atoms with Crippen LogP contribution >= 0.6 is 0 Å². The number of hydrogen-bond donors (Lipinski definition) is 1. The van der Waals surface area contributed by atoms with E-state index in [1.165, 1.54) is 12.1 Å². The second kappa shape index (κ2) is 5.90. The zero-order valence-corrected chi connectivity index (χ0v) is 9.29. The van der Waals surface area contributed by atoms with E-state index in [0.29, 0.717) is 0 Å². The predicted octanol–water partition coefficient (Wildman–Crippen LogP) is -0.272. The van der Waals surface area contributed by atoms with E-state index in [-0.39, 0.29) is 48.1 Å². The Hall–Kier alpha value is 0.350. The Labute approximate surface area is 101 Å². The molecule has 0 radical (unpaired) electrons. The second-order valence-electron chi connectivity index (χ2n) is 1.79. The molecule has 0 aliphatic heterocycles. The van der Waals surface area contributed by atoms with Crippen LogP contribution in [0.2, 0.25) is 0 Å². The van der Waals surface area contributed by atoms with Gasteiger partial charge in [-0.3, -0.25) is 4.55 Å². The molecule has 0 saturated carbocycles. The molecule has 0 aliphatic carbocycles. The van der Waals surface area contributed by atoms with E-state index in [1.54, 1.807) is 18.2 Å². The van der Waals surface area contributed by atoms with Gasteiger partial charge in [-0.25, -0.2) is 0 Å². The van der Waals surface area contributed by atoms with E-state index in [4.69, 9.17) is 4.55 Å². The Kier molecular flexibility index (Phi) is 7.31. The third-order valence-electron chi connectivity index (χ3n) is 1.04. The Morgan fingerprint density at radius 3 is 1.75 bits per heavy atom. The SMILES string of the molecule is O.O=S(=O)(O)c1ccccc1.[Ca+2]. The van der Waals surface area contributed by atoms with Gasteiger partial charge in [0.25, 0.3) is 10.1 Å². The molecule has 0 heterocycles. The van der Waals surface area contributed by atoms with E-state index in [2.05, 4.69) is 0 Å². The molecule has 0 spiro atoms. The van der Waals surface area contributed by atoms with Crippen LogP contribution in [0.5, 0.6) is 0 Å². The second-order valence-corrected chi connectivity index (χ2v) is 3.21. The summed E-state index contributed by atoms with van der Waals surface area (Å²) in [6, 6.07) is 7.42. The fourth-order valence-electron chi connectivity index (χ4n) is 0.592. The molecule has 0 bridgehead atoms. The van der Waals surface area contributed by atoms with Crippen LogP contribution < -0.4 is 0 Å². The van der Waals surface area contributed by atoms with Gasteiger partial charge in [0.15, 0.2) is 0 Å². The molecule has 0 aliphatic rings. The molecule has 1 aromatic carbocycles. The van der Waals surface area contributed by atoms with Gasteiger partial charge in [-0.05, 0) is 12.1 Å². The van der Waals surface area contributed by atoms with Gasteiger partial charge in [-0.1, -0.05) is 18.2 Å². The molecule has 0 aromatic heterocycles. The minimum Gasteiger partial charge on any atom is -0.412 e. The van der Waals surface area contributed by atoms with E-state index in [1.807, 2.05) is 0 Å². The summed E-state index contributed by atoms with van der Waals surface area (Å²) in [5.74, 6) is 0. The molecular formula is C6H8CaO4S+2. The monoisotopic (exact) mass is 216 g/mol. The first-order valence-electron chi connectivity index (χ1n) is 2.63. The first-order valence-corrected chi connectivity index (χ1v) is 4.07. The quantitative estimate of drug-likeness (QED) is 0.518. The van der Waals surface area contributed by atoms with Crippen molar-refractivity contribution in [2.75, 3.05) is 0 Å². The molecule has 3 N–H and O–H groups in total. The van der Waals surface area contributed by atoms with Gasteiger partial charge in [-0.15, -0.1) is 0 Å². The Morgan fingerprint density at radius 1 is 1.08 bits per heavy atom. The average Bonchev–Trinajstić information content (AvgIpc) is 1.88. The van der Waals surface area contributed by atoms with Crippen LogP contribution in [0.4, 0.5) is 0 Å². The number of benzene rings is 1. The normalized spacial score (nSPS) is 9.42. The molecule has 4 nitrogen and oxygen atoms in total. The summed E-state index contributed by atoms with van der Waals surface area (Å²) in [7, 11) is -4.00. The van der Waals surface area contributed by atoms with Crippen LogP contribution in [0.25, 0.3) is 0 Å². The Morgan fingerprint density at radius 2 is 1.50 bits per heavy atom. The van der Waals surface area contributed by atoms with Crippen molar-refractivity contribution >= 4 is 47.9 Å².